The van der Waals surface area contributed by atoms with Crippen LogP contribution >= 0.6 is 0 Å². The zero-order valence-electron chi connectivity index (χ0n) is 11.8. The Morgan fingerprint density at radius 3 is 2.90 bits per heavy atom. The maximum atomic E-state index is 12.5. The number of amides is 1. The van der Waals surface area contributed by atoms with E-state index in [9.17, 15) is 4.79 Å². The fraction of sp³-hybridized carbons (Fsp3) is 0.200. The molecule has 0 saturated carbocycles. The van der Waals surface area contributed by atoms with Gasteiger partial charge in [-0.15, -0.1) is 5.10 Å². The van der Waals surface area contributed by atoms with Crippen molar-refractivity contribution in [2.75, 3.05) is 0 Å². The summed E-state index contributed by atoms with van der Waals surface area (Å²) < 4.78 is 1.65. The fourth-order valence-corrected chi connectivity index (χ4v) is 2.36. The van der Waals surface area contributed by atoms with Gasteiger partial charge in [-0.05, 0) is 24.4 Å². The van der Waals surface area contributed by atoms with E-state index < -0.39 is 0 Å². The lowest BCUT2D eigenvalue weighted by molar-refractivity contribution is 0.0940. The van der Waals surface area contributed by atoms with Gasteiger partial charge in [0.2, 0.25) is 0 Å². The molecule has 0 aliphatic carbocycles. The fourth-order valence-electron chi connectivity index (χ4n) is 2.36. The molecule has 3 aromatic rings. The molecular weight excluding hydrogens is 266 g/mol. The van der Waals surface area contributed by atoms with Crippen LogP contribution < -0.4 is 5.32 Å². The molecule has 1 atom stereocenters. The molecule has 0 fully saturated rings. The normalized spacial score (nSPS) is 12.3. The second-order valence-corrected chi connectivity index (χ2v) is 4.88. The minimum absolute atomic E-state index is 0.125. The highest BCUT2D eigenvalue weighted by molar-refractivity contribution is 6.06. The third-order valence-electron chi connectivity index (χ3n) is 3.47. The van der Waals surface area contributed by atoms with E-state index in [1.54, 1.807) is 30.3 Å². The van der Waals surface area contributed by atoms with Gasteiger partial charge in [-0.25, -0.2) is 0 Å². The zero-order valence-corrected chi connectivity index (χ0v) is 11.8. The third kappa shape index (κ3) is 2.47. The molecular formula is C15H15N5O. The van der Waals surface area contributed by atoms with Crippen LogP contribution in [-0.4, -0.2) is 25.9 Å². The number of rotatable bonds is 3. The molecule has 1 amide bonds. The number of carbonyl (C=O) groups is 1. The van der Waals surface area contributed by atoms with Gasteiger partial charge in [0.25, 0.3) is 5.91 Å². The summed E-state index contributed by atoms with van der Waals surface area (Å²) >= 11 is 0. The Labute approximate surface area is 121 Å². The number of nitrogens with zero attached hydrogens (tertiary/aromatic N) is 4. The Morgan fingerprint density at radius 2 is 2.14 bits per heavy atom. The SMILES string of the molecule is C[C@@H](NC(=O)c1cccc2cnccc12)c1cnnn1C. The Balaban J connectivity index is 1.89. The van der Waals surface area contributed by atoms with Gasteiger partial charge in [0, 0.05) is 30.4 Å². The van der Waals surface area contributed by atoms with Gasteiger partial charge >= 0.3 is 0 Å². The van der Waals surface area contributed by atoms with E-state index in [4.69, 9.17) is 0 Å². The average Bonchev–Trinajstić information content (AvgIpc) is 2.92. The molecule has 0 aliphatic heterocycles. The maximum Gasteiger partial charge on any atom is 0.252 e. The van der Waals surface area contributed by atoms with Crippen molar-refractivity contribution in [1.29, 1.82) is 0 Å². The zero-order chi connectivity index (χ0) is 14.8. The largest absolute Gasteiger partial charge is 0.344 e. The first kappa shape index (κ1) is 13.2. The number of nitrogens with one attached hydrogen (secondary N) is 1. The molecule has 3 rings (SSSR count). The Kier molecular flexibility index (Phi) is 3.35. The monoisotopic (exact) mass is 281 g/mol. The first-order chi connectivity index (χ1) is 10.2. The summed E-state index contributed by atoms with van der Waals surface area (Å²) in [6.07, 6.45) is 5.09. The van der Waals surface area contributed by atoms with E-state index >= 15 is 0 Å². The molecule has 1 N–H and O–H groups in total. The first-order valence-corrected chi connectivity index (χ1v) is 6.65. The number of benzene rings is 1. The van der Waals surface area contributed by atoms with Crippen LogP contribution in [0.1, 0.15) is 29.0 Å². The van der Waals surface area contributed by atoms with Crippen LogP contribution in [0.25, 0.3) is 10.8 Å². The number of hydrogen-bond acceptors (Lipinski definition) is 4. The lowest BCUT2D eigenvalue weighted by Crippen LogP contribution is -2.28. The molecule has 0 unspecified atom stereocenters. The number of aromatic nitrogens is 4. The summed E-state index contributed by atoms with van der Waals surface area (Å²) in [5.74, 6) is -0.125. The highest BCUT2D eigenvalue weighted by Gasteiger charge is 2.16. The van der Waals surface area contributed by atoms with Crippen molar-refractivity contribution in [1.82, 2.24) is 25.3 Å². The van der Waals surface area contributed by atoms with Crippen LogP contribution in [0, 0.1) is 0 Å². The van der Waals surface area contributed by atoms with Gasteiger partial charge < -0.3 is 5.32 Å². The highest BCUT2D eigenvalue weighted by Crippen LogP contribution is 2.18. The van der Waals surface area contributed by atoms with Crippen molar-refractivity contribution >= 4 is 16.7 Å². The molecule has 6 heteroatoms. The second kappa shape index (κ2) is 5.32. The van der Waals surface area contributed by atoms with Crippen molar-refractivity contribution in [3.8, 4) is 0 Å². The van der Waals surface area contributed by atoms with Gasteiger partial charge in [-0.3, -0.25) is 14.5 Å². The average molecular weight is 281 g/mol. The Hall–Kier alpha value is -2.76. The van der Waals surface area contributed by atoms with Crippen LogP contribution in [0.3, 0.4) is 0 Å². The minimum Gasteiger partial charge on any atom is -0.344 e. The maximum absolute atomic E-state index is 12.5. The summed E-state index contributed by atoms with van der Waals surface area (Å²) in [5, 5.41) is 12.5. The number of hydrogen-bond donors (Lipinski definition) is 1. The van der Waals surface area contributed by atoms with E-state index in [2.05, 4.69) is 20.6 Å². The van der Waals surface area contributed by atoms with Crippen molar-refractivity contribution in [2.45, 2.75) is 13.0 Å². The Morgan fingerprint density at radius 1 is 1.29 bits per heavy atom. The van der Waals surface area contributed by atoms with Crippen molar-refractivity contribution < 1.29 is 4.79 Å². The van der Waals surface area contributed by atoms with E-state index in [-0.39, 0.29) is 11.9 Å². The smallest absolute Gasteiger partial charge is 0.252 e. The van der Waals surface area contributed by atoms with Gasteiger partial charge in [-0.2, -0.15) is 0 Å². The van der Waals surface area contributed by atoms with Gasteiger partial charge in [0.05, 0.1) is 17.9 Å². The molecule has 0 aliphatic rings. The Bertz CT molecular complexity index is 790. The number of fused-ring (bicyclic) bond motifs is 1. The van der Waals surface area contributed by atoms with Crippen LogP contribution in [-0.2, 0) is 7.05 Å². The summed E-state index contributed by atoms with van der Waals surface area (Å²) in [4.78, 5) is 16.6. The molecule has 21 heavy (non-hydrogen) atoms. The lowest BCUT2D eigenvalue weighted by atomic mass is 10.1. The molecule has 6 nitrogen and oxygen atoms in total. The topological polar surface area (TPSA) is 72.7 Å². The minimum atomic E-state index is -0.172. The van der Waals surface area contributed by atoms with E-state index in [0.29, 0.717) is 5.56 Å². The van der Waals surface area contributed by atoms with Crippen LogP contribution in [0.2, 0.25) is 0 Å². The summed E-state index contributed by atoms with van der Waals surface area (Å²) in [5.41, 5.74) is 1.49. The van der Waals surface area contributed by atoms with Crippen molar-refractivity contribution in [3.63, 3.8) is 0 Å². The highest BCUT2D eigenvalue weighted by atomic mass is 16.1. The van der Waals surface area contributed by atoms with Gasteiger partial charge in [0.15, 0.2) is 0 Å². The molecule has 2 aromatic heterocycles. The summed E-state index contributed by atoms with van der Waals surface area (Å²) in [6.45, 7) is 1.91. The number of pyridine rings is 1. The van der Waals surface area contributed by atoms with Crippen LogP contribution in [0.4, 0.5) is 0 Å². The van der Waals surface area contributed by atoms with Crippen LogP contribution in [0.15, 0.2) is 42.9 Å². The molecule has 0 spiro atoms. The molecule has 0 saturated heterocycles. The van der Waals surface area contributed by atoms with Gasteiger partial charge in [0.1, 0.15) is 0 Å². The first-order valence-electron chi connectivity index (χ1n) is 6.65. The summed E-state index contributed by atoms with van der Waals surface area (Å²) in [7, 11) is 1.80. The molecule has 2 heterocycles. The lowest BCUT2D eigenvalue weighted by Gasteiger charge is -2.14. The number of carbonyl (C=O) groups excluding carboxylic acids is 1. The predicted molar refractivity (Wildman–Crippen MR) is 78.6 cm³/mol. The quantitative estimate of drug-likeness (QED) is 0.795. The molecule has 106 valence electrons. The summed E-state index contributed by atoms with van der Waals surface area (Å²) in [6, 6.07) is 7.28. The third-order valence-corrected chi connectivity index (χ3v) is 3.47. The van der Waals surface area contributed by atoms with E-state index in [0.717, 1.165) is 16.5 Å². The standard InChI is InChI=1S/C15H15N5O/c1-10(14-9-17-19-20(14)2)18-15(21)13-5-3-4-11-8-16-7-6-12(11)13/h3-10H,1-2H3,(H,18,21)/t10-/m1/s1. The van der Waals surface area contributed by atoms with Crippen molar-refractivity contribution in [3.05, 3.63) is 54.1 Å². The predicted octanol–water partition coefficient (Wildman–Crippen LogP) is 1.85. The molecule has 0 bridgehead atoms. The van der Waals surface area contributed by atoms with Crippen LogP contribution in [0.5, 0.6) is 0 Å². The van der Waals surface area contributed by atoms with E-state index in [1.807, 2.05) is 31.2 Å². The van der Waals surface area contributed by atoms with E-state index in [1.165, 1.54) is 0 Å². The molecule has 0 radical (unpaired) electrons. The second-order valence-electron chi connectivity index (χ2n) is 4.88. The van der Waals surface area contributed by atoms with Gasteiger partial charge in [-0.1, -0.05) is 17.3 Å². The van der Waals surface area contributed by atoms with Crippen molar-refractivity contribution in [2.24, 2.45) is 7.05 Å². The number of aryl methyl sites for hydroxylation is 1. The molecule has 1 aromatic carbocycles.